The zero-order valence-corrected chi connectivity index (χ0v) is 11.5. The first kappa shape index (κ1) is 14.0. The van der Waals surface area contributed by atoms with E-state index in [0.29, 0.717) is 29.6 Å². The SMILES string of the molecule is CCCNC(=O)CNc1ncccc1-c1nc(C)no1. The van der Waals surface area contributed by atoms with Crippen LogP contribution in [0.15, 0.2) is 22.9 Å². The van der Waals surface area contributed by atoms with E-state index in [0.717, 1.165) is 6.42 Å². The lowest BCUT2D eigenvalue weighted by molar-refractivity contribution is -0.119. The van der Waals surface area contributed by atoms with Gasteiger partial charge >= 0.3 is 0 Å². The van der Waals surface area contributed by atoms with Crippen LogP contribution in [0, 0.1) is 6.92 Å². The maximum absolute atomic E-state index is 11.6. The largest absolute Gasteiger partial charge is 0.360 e. The maximum atomic E-state index is 11.6. The van der Waals surface area contributed by atoms with E-state index in [-0.39, 0.29) is 12.5 Å². The lowest BCUT2D eigenvalue weighted by Crippen LogP contribution is -2.30. The van der Waals surface area contributed by atoms with Gasteiger partial charge in [-0.25, -0.2) is 4.98 Å². The quantitative estimate of drug-likeness (QED) is 0.827. The van der Waals surface area contributed by atoms with Gasteiger partial charge in [0.1, 0.15) is 5.82 Å². The van der Waals surface area contributed by atoms with Crippen molar-refractivity contribution in [2.75, 3.05) is 18.4 Å². The van der Waals surface area contributed by atoms with Crippen molar-refractivity contribution in [3.8, 4) is 11.5 Å². The van der Waals surface area contributed by atoms with E-state index in [1.54, 1.807) is 19.2 Å². The summed E-state index contributed by atoms with van der Waals surface area (Å²) >= 11 is 0. The molecule has 2 aromatic rings. The van der Waals surface area contributed by atoms with Crippen LogP contribution in [-0.4, -0.2) is 34.1 Å². The van der Waals surface area contributed by atoms with E-state index < -0.39 is 0 Å². The Labute approximate surface area is 116 Å². The minimum Gasteiger partial charge on any atom is -0.360 e. The number of pyridine rings is 1. The number of anilines is 1. The van der Waals surface area contributed by atoms with E-state index in [1.807, 2.05) is 13.0 Å². The lowest BCUT2D eigenvalue weighted by atomic mass is 10.2. The molecule has 106 valence electrons. The Morgan fingerprint density at radius 2 is 2.30 bits per heavy atom. The third-order valence-corrected chi connectivity index (χ3v) is 2.55. The van der Waals surface area contributed by atoms with Gasteiger partial charge in [0.25, 0.3) is 5.89 Å². The third kappa shape index (κ3) is 3.53. The summed E-state index contributed by atoms with van der Waals surface area (Å²) in [5.41, 5.74) is 0.677. The smallest absolute Gasteiger partial charge is 0.261 e. The first-order valence-corrected chi connectivity index (χ1v) is 6.47. The number of hydrogen-bond acceptors (Lipinski definition) is 6. The monoisotopic (exact) mass is 275 g/mol. The first-order valence-electron chi connectivity index (χ1n) is 6.47. The summed E-state index contributed by atoms with van der Waals surface area (Å²) in [6.45, 7) is 4.56. The van der Waals surface area contributed by atoms with Crippen molar-refractivity contribution >= 4 is 11.7 Å². The van der Waals surface area contributed by atoms with Crippen molar-refractivity contribution in [2.45, 2.75) is 20.3 Å². The molecule has 7 heteroatoms. The van der Waals surface area contributed by atoms with Gasteiger partial charge in [-0.1, -0.05) is 12.1 Å². The Bertz CT molecular complexity index is 582. The molecule has 0 aliphatic carbocycles. The van der Waals surface area contributed by atoms with Crippen LogP contribution in [0.1, 0.15) is 19.2 Å². The maximum Gasteiger partial charge on any atom is 0.261 e. The normalized spacial score (nSPS) is 10.3. The molecule has 0 aliphatic rings. The minimum absolute atomic E-state index is 0.0786. The minimum atomic E-state index is -0.0786. The topological polar surface area (TPSA) is 92.9 Å². The summed E-state index contributed by atoms with van der Waals surface area (Å²) in [6, 6.07) is 3.59. The standard InChI is InChI=1S/C13H17N5O2/c1-3-6-14-11(19)8-16-12-10(5-4-7-15-12)13-17-9(2)18-20-13/h4-5,7H,3,6,8H2,1-2H3,(H,14,19)(H,15,16). The summed E-state index contributed by atoms with van der Waals surface area (Å²) in [5.74, 6) is 1.40. The molecular formula is C13H17N5O2. The zero-order valence-electron chi connectivity index (χ0n) is 11.5. The molecule has 2 N–H and O–H groups in total. The van der Waals surface area contributed by atoms with E-state index in [1.165, 1.54) is 0 Å². The van der Waals surface area contributed by atoms with Crippen LogP contribution >= 0.6 is 0 Å². The molecule has 7 nitrogen and oxygen atoms in total. The Hall–Kier alpha value is -2.44. The molecule has 0 aliphatic heterocycles. The van der Waals surface area contributed by atoms with Crippen LogP contribution in [0.3, 0.4) is 0 Å². The van der Waals surface area contributed by atoms with Crippen molar-refractivity contribution in [2.24, 2.45) is 0 Å². The number of aryl methyl sites for hydroxylation is 1. The summed E-state index contributed by atoms with van der Waals surface area (Å²) in [7, 11) is 0. The van der Waals surface area contributed by atoms with E-state index in [2.05, 4.69) is 25.8 Å². The summed E-state index contributed by atoms with van der Waals surface area (Å²) in [5, 5.41) is 9.51. The number of carbonyl (C=O) groups is 1. The lowest BCUT2D eigenvalue weighted by Gasteiger charge is -2.08. The number of rotatable bonds is 6. The number of nitrogens with one attached hydrogen (secondary N) is 2. The Balaban J connectivity index is 2.07. The highest BCUT2D eigenvalue weighted by atomic mass is 16.5. The van der Waals surface area contributed by atoms with Gasteiger partial charge in [0.05, 0.1) is 12.1 Å². The van der Waals surface area contributed by atoms with Gasteiger partial charge in [-0.15, -0.1) is 0 Å². The van der Waals surface area contributed by atoms with Crippen molar-refractivity contribution in [3.05, 3.63) is 24.2 Å². The van der Waals surface area contributed by atoms with Crippen LogP contribution in [0.5, 0.6) is 0 Å². The molecule has 2 aromatic heterocycles. The zero-order chi connectivity index (χ0) is 14.4. The van der Waals surface area contributed by atoms with Gasteiger partial charge in [0.2, 0.25) is 5.91 Å². The summed E-state index contributed by atoms with van der Waals surface area (Å²) in [4.78, 5) is 19.9. The second-order valence-electron chi connectivity index (χ2n) is 4.25. The molecule has 0 saturated heterocycles. The predicted octanol–water partition coefficient (Wildman–Crippen LogP) is 1.38. The molecule has 0 aromatic carbocycles. The van der Waals surface area contributed by atoms with E-state index >= 15 is 0 Å². The molecule has 0 spiro atoms. The van der Waals surface area contributed by atoms with E-state index in [4.69, 9.17) is 4.52 Å². The molecular weight excluding hydrogens is 258 g/mol. The fourth-order valence-electron chi connectivity index (χ4n) is 1.62. The molecule has 0 atom stereocenters. The summed E-state index contributed by atoms with van der Waals surface area (Å²) in [6.07, 6.45) is 2.54. The molecule has 0 radical (unpaired) electrons. The molecule has 2 rings (SSSR count). The van der Waals surface area contributed by atoms with Gasteiger partial charge in [-0.2, -0.15) is 4.98 Å². The number of carbonyl (C=O) groups excluding carboxylic acids is 1. The molecule has 2 heterocycles. The highest BCUT2D eigenvalue weighted by Gasteiger charge is 2.12. The van der Waals surface area contributed by atoms with Crippen LogP contribution in [0.25, 0.3) is 11.5 Å². The van der Waals surface area contributed by atoms with Crippen molar-refractivity contribution in [1.29, 1.82) is 0 Å². The van der Waals surface area contributed by atoms with Gasteiger partial charge in [0.15, 0.2) is 5.82 Å². The summed E-state index contributed by atoms with van der Waals surface area (Å²) < 4.78 is 5.12. The van der Waals surface area contributed by atoms with Crippen molar-refractivity contribution in [3.63, 3.8) is 0 Å². The number of amides is 1. The van der Waals surface area contributed by atoms with Crippen LogP contribution in [-0.2, 0) is 4.79 Å². The second kappa shape index (κ2) is 6.65. The van der Waals surface area contributed by atoms with Gasteiger partial charge in [0, 0.05) is 12.7 Å². The van der Waals surface area contributed by atoms with E-state index in [9.17, 15) is 4.79 Å². The second-order valence-corrected chi connectivity index (χ2v) is 4.25. The highest BCUT2D eigenvalue weighted by molar-refractivity contribution is 5.82. The van der Waals surface area contributed by atoms with Gasteiger partial charge < -0.3 is 15.2 Å². The predicted molar refractivity (Wildman–Crippen MR) is 74.1 cm³/mol. The third-order valence-electron chi connectivity index (χ3n) is 2.55. The Kier molecular flexibility index (Phi) is 4.65. The fraction of sp³-hybridized carbons (Fsp3) is 0.385. The average molecular weight is 275 g/mol. The Morgan fingerprint density at radius 1 is 1.45 bits per heavy atom. The molecule has 0 fully saturated rings. The van der Waals surface area contributed by atoms with Gasteiger partial charge in [-0.3, -0.25) is 4.79 Å². The molecule has 0 unspecified atom stereocenters. The molecule has 0 bridgehead atoms. The number of nitrogens with zero attached hydrogens (tertiary/aromatic N) is 3. The average Bonchev–Trinajstić information content (AvgIpc) is 2.89. The molecule has 20 heavy (non-hydrogen) atoms. The van der Waals surface area contributed by atoms with Crippen molar-refractivity contribution in [1.82, 2.24) is 20.4 Å². The molecule has 0 saturated carbocycles. The van der Waals surface area contributed by atoms with Crippen LogP contribution in [0.2, 0.25) is 0 Å². The van der Waals surface area contributed by atoms with Gasteiger partial charge in [-0.05, 0) is 25.5 Å². The Morgan fingerprint density at radius 3 is 3.00 bits per heavy atom. The number of hydrogen-bond donors (Lipinski definition) is 2. The first-order chi connectivity index (χ1) is 9.70. The fourth-order valence-corrected chi connectivity index (χ4v) is 1.62. The van der Waals surface area contributed by atoms with Crippen LogP contribution in [0.4, 0.5) is 5.82 Å². The van der Waals surface area contributed by atoms with Crippen LogP contribution < -0.4 is 10.6 Å². The number of aromatic nitrogens is 3. The molecule has 1 amide bonds. The highest BCUT2D eigenvalue weighted by Crippen LogP contribution is 2.23. The van der Waals surface area contributed by atoms with Crippen molar-refractivity contribution < 1.29 is 9.32 Å².